The van der Waals surface area contributed by atoms with E-state index >= 15 is 0 Å². The Kier molecular flexibility index (Phi) is 3.81. The van der Waals surface area contributed by atoms with Gasteiger partial charge in [-0.25, -0.2) is 4.98 Å². The first-order valence-corrected chi connectivity index (χ1v) is 10.5. The first-order valence-electron chi connectivity index (χ1n) is 10.5. The second kappa shape index (κ2) is 6.57. The smallest absolute Gasteiger partial charge is 0.248 e. The zero-order valence-electron chi connectivity index (χ0n) is 17.3. The molecule has 3 heterocycles. The van der Waals surface area contributed by atoms with Gasteiger partial charge in [0.2, 0.25) is 5.91 Å². The van der Waals surface area contributed by atoms with E-state index in [9.17, 15) is 4.79 Å². The molecule has 0 atom stereocenters. The number of nitrogens with two attached hydrogens (primary N) is 1. The molecule has 0 saturated heterocycles. The zero-order chi connectivity index (χ0) is 21.1. The fourth-order valence-corrected chi connectivity index (χ4v) is 4.74. The number of hydrogen-bond donors (Lipinski definition) is 1. The number of hydrogen-bond acceptors (Lipinski definition) is 2. The van der Waals surface area contributed by atoms with Crippen LogP contribution in [0, 0.1) is 6.92 Å². The number of amides is 1. The minimum absolute atomic E-state index is 0.437. The first kappa shape index (κ1) is 18.0. The summed E-state index contributed by atoms with van der Waals surface area (Å²) in [5, 5.41) is 1.21. The number of primary amides is 1. The Morgan fingerprint density at radius 1 is 0.935 bits per heavy atom. The monoisotopic (exact) mass is 406 g/mol. The van der Waals surface area contributed by atoms with Crippen molar-refractivity contribution >= 4 is 27.8 Å². The number of imidazole rings is 1. The minimum Gasteiger partial charge on any atom is -0.366 e. The van der Waals surface area contributed by atoms with E-state index in [4.69, 9.17) is 10.7 Å². The summed E-state index contributed by atoms with van der Waals surface area (Å²) in [6.07, 6.45) is 0.963. The topological polar surface area (TPSA) is 65.8 Å². The molecule has 1 aliphatic rings. The molecule has 0 saturated carbocycles. The molecule has 2 bridgehead atoms. The number of rotatable bonds is 1. The molecule has 0 spiro atoms. The van der Waals surface area contributed by atoms with Crippen LogP contribution in [0.2, 0.25) is 0 Å². The quantitative estimate of drug-likeness (QED) is 0.440. The largest absolute Gasteiger partial charge is 0.366 e. The number of carbonyl (C=O) groups is 1. The molecule has 5 heteroatoms. The van der Waals surface area contributed by atoms with Crippen molar-refractivity contribution in [2.75, 3.05) is 0 Å². The van der Waals surface area contributed by atoms with E-state index < -0.39 is 5.91 Å². The van der Waals surface area contributed by atoms with Crippen LogP contribution in [0.3, 0.4) is 0 Å². The predicted molar refractivity (Wildman–Crippen MR) is 123 cm³/mol. The van der Waals surface area contributed by atoms with Gasteiger partial charge in [0.25, 0.3) is 0 Å². The molecule has 0 unspecified atom stereocenters. The molecule has 5 aromatic rings. The number of aryl methyl sites for hydroxylation is 3. The summed E-state index contributed by atoms with van der Waals surface area (Å²) in [5.74, 6) is 0.478. The van der Waals surface area contributed by atoms with Crippen LogP contribution in [0.25, 0.3) is 33.5 Å². The predicted octanol–water partition coefficient (Wildman–Crippen LogP) is 4.67. The lowest BCUT2D eigenvalue weighted by Crippen LogP contribution is -2.11. The van der Waals surface area contributed by atoms with Crippen molar-refractivity contribution < 1.29 is 4.79 Å². The van der Waals surface area contributed by atoms with Crippen LogP contribution in [0.15, 0.2) is 66.7 Å². The van der Waals surface area contributed by atoms with Gasteiger partial charge < -0.3 is 14.9 Å². The van der Waals surface area contributed by atoms with Crippen molar-refractivity contribution in [1.82, 2.24) is 14.1 Å². The average molecular weight is 406 g/mol. The van der Waals surface area contributed by atoms with Crippen LogP contribution < -0.4 is 5.73 Å². The molecule has 1 aliphatic heterocycles. The van der Waals surface area contributed by atoms with Gasteiger partial charge in [0.15, 0.2) is 5.82 Å². The SMILES string of the molecule is Cc1ccc2cc3n(c2c1)CCc1cccc(c1)Cn1c-3nc2cc(C(N)=O)ccc21. The summed E-state index contributed by atoms with van der Waals surface area (Å²) in [7, 11) is 0. The highest BCUT2D eigenvalue weighted by Crippen LogP contribution is 2.33. The minimum atomic E-state index is -0.437. The maximum Gasteiger partial charge on any atom is 0.248 e. The highest BCUT2D eigenvalue weighted by atomic mass is 16.1. The van der Waals surface area contributed by atoms with E-state index in [1.807, 2.05) is 6.07 Å². The van der Waals surface area contributed by atoms with E-state index in [1.54, 1.807) is 12.1 Å². The van der Waals surface area contributed by atoms with Gasteiger partial charge in [0.05, 0.1) is 16.7 Å². The van der Waals surface area contributed by atoms with Gasteiger partial charge in [0.1, 0.15) is 0 Å². The van der Waals surface area contributed by atoms with E-state index in [-0.39, 0.29) is 0 Å². The molecular weight excluding hydrogens is 384 g/mol. The van der Waals surface area contributed by atoms with Crippen LogP contribution >= 0.6 is 0 Å². The van der Waals surface area contributed by atoms with E-state index in [0.717, 1.165) is 42.1 Å². The third-order valence-electron chi connectivity index (χ3n) is 6.28. The van der Waals surface area contributed by atoms with Crippen LogP contribution in [0.4, 0.5) is 0 Å². The average Bonchev–Trinajstić information content (AvgIpc) is 3.29. The van der Waals surface area contributed by atoms with Crippen molar-refractivity contribution in [3.05, 3.63) is 89.0 Å². The number of aromatic nitrogens is 3. The molecule has 3 aromatic carbocycles. The van der Waals surface area contributed by atoms with Crippen LogP contribution in [0.1, 0.15) is 27.0 Å². The molecule has 0 radical (unpaired) electrons. The maximum atomic E-state index is 11.7. The number of nitrogens with zero attached hydrogens (tertiary/aromatic N) is 3. The molecular formula is C26H22N4O. The molecule has 0 aliphatic carbocycles. The Hall–Kier alpha value is -3.86. The molecule has 6 rings (SSSR count). The van der Waals surface area contributed by atoms with Gasteiger partial charge in [-0.15, -0.1) is 0 Å². The van der Waals surface area contributed by atoms with Crippen molar-refractivity contribution in [2.24, 2.45) is 5.73 Å². The summed E-state index contributed by atoms with van der Waals surface area (Å²) in [6.45, 7) is 3.72. The summed E-state index contributed by atoms with van der Waals surface area (Å²) in [6, 6.07) is 23.1. The standard InChI is InChI=1S/C26H22N4O/c1-16-5-6-19-14-24-26-28-21-13-20(25(27)31)7-8-22(21)30(26)15-18-4-2-3-17(12-18)9-10-29(24)23(19)11-16/h2-8,11-14H,9-10,15H2,1H3,(H2,27,31). The van der Waals surface area contributed by atoms with Crippen molar-refractivity contribution in [1.29, 1.82) is 0 Å². The molecule has 5 nitrogen and oxygen atoms in total. The fraction of sp³-hybridized carbons (Fsp3) is 0.154. The number of fused-ring (bicyclic) bond motifs is 9. The Bertz CT molecular complexity index is 1510. The first-order chi connectivity index (χ1) is 15.1. The highest BCUT2D eigenvalue weighted by molar-refractivity contribution is 5.97. The lowest BCUT2D eigenvalue weighted by atomic mass is 10.1. The Balaban J connectivity index is 1.69. The third-order valence-corrected chi connectivity index (χ3v) is 6.28. The fourth-order valence-electron chi connectivity index (χ4n) is 4.74. The van der Waals surface area contributed by atoms with Crippen molar-refractivity contribution in [3.63, 3.8) is 0 Å². The molecule has 2 N–H and O–H groups in total. The van der Waals surface area contributed by atoms with Gasteiger partial charge in [-0.05, 0) is 60.4 Å². The Labute approximate surface area is 179 Å². The lowest BCUT2D eigenvalue weighted by Gasteiger charge is -2.16. The van der Waals surface area contributed by atoms with Crippen molar-refractivity contribution in [2.45, 2.75) is 26.4 Å². The van der Waals surface area contributed by atoms with Gasteiger partial charge >= 0.3 is 0 Å². The van der Waals surface area contributed by atoms with Crippen LogP contribution in [-0.4, -0.2) is 20.0 Å². The number of benzene rings is 3. The molecule has 152 valence electrons. The summed E-state index contributed by atoms with van der Waals surface area (Å²) < 4.78 is 4.63. The van der Waals surface area contributed by atoms with Crippen LogP contribution in [0.5, 0.6) is 0 Å². The summed E-state index contributed by atoms with van der Waals surface area (Å²) >= 11 is 0. The van der Waals surface area contributed by atoms with Crippen LogP contribution in [-0.2, 0) is 19.5 Å². The van der Waals surface area contributed by atoms with E-state index in [1.165, 1.54) is 27.6 Å². The Morgan fingerprint density at radius 2 is 1.81 bits per heavy atom. The molecule has 2 aromatic heterocycles. The zero-order valence-corrected chi connectivity index (χ0v) is 17.3. The summed E-state index contributed by atoms with van der Waals surface area (Å²) in [4.78, 5) is 16.7. The maximum absolute atomic E-state index is 11.7. The Morgan fingerprint density at radius 3 is 2.68 bits per heavy atom. The van der Waals surface area contributed by atoms with Gasteiger partial charge in [-0.1, -0.05) is 36.4 Å². The molecule has 1 amide bonds. The van der Waals surface area contributed by atoms with Gasteiger partial charge in [-0.2, -0.15) is 0 Å². The second-order valence-corrected chi connectivity index (χ2v) is 8.40. The van der Waals surface area contributed by atoms with E-state index in [0.29, 0.717) is 5.56 Å². The van der Waals surface area contributed by atoms with Gasteiger partial charge in [0, 0.05) is 29.6 Å². The molecule has 0 fully saturated rings. The van der Waals surface area contributed by atoms with Crippen molar-refractivity contribution in [3.8, 4) is 11.5 Å². The highest BCUT2D eigenvalue weighted by Gasteiger charge is 2.20. The number of carbonyl (C=O) groups excluding carboxylic acids is 1. The molecule has 31 heavy (non-hydrogen) atoms. The second-order valence-electron chi connectivity index (χ2n) is 8.40. The van der Waals surface area contributed by atoms with Gasteiger partial charge in [-0.3, -0.25) is 4.79 Å². The third kappa shape index (κ3) is 2.85. The lowest BCUT2D eigenvalue weighted by molar-refractivity contribution is 0.100. The normalized spacial score (nSPS) is 13.2. The summed E-state index contributed by atoms with van der Waals surface area (Å²) in [5.41, 5.74) is 13.9. The van der Waals surface area contributed by atoms with E-state index in [2.05, 4.69) is 64.6 Å².